The van der Waals surface area contributed by atoms with Crippen molar-refractivity contribution in [1.82, 2.24) is 9.97 Å². The van der Waals surface area contributed by atoms with Crippen LogP contribution in [0, 0.1) is 11.8 Å². The first-order valence-corrected chi connectivity index (χ1v) is 7.16. The van der Waals surface area contributed by atoms with E-state index in [1.165, 1.54) is 0 Å². The number of aromatic hydroxyl groups is 1. The Kier molecular flexibility index (Phi) is 4.21. The predicted octanol–water partition coefficient (Wildman–Crippen LogP) is 3.44. The van der Waals surface area contributed by atoms with Crippen molar-refractivity contribution < 1.29 is 5.11 Å². The molecule has 0 aliphatic carbocycles. The summed E-state index contributed by atoms with van der Waals surface area (Å²) in [7, 11) is 1.83. The van der Waals surface area contributed by atoms with Gasteiger partial charge in [-0.05, 0) is 48.6 Å². The molecule has 3 rings (SSSR count). The highest BCUT2D eigenvalue weighted by Gasteiger charge is 1.97. The predicted molar refractivity (Wildman–Crippen MR) is 93.1 cm³/mol. The largest absolute Gasteiger partial charge is 0.508 e. The highest BCUT2D eigenvalue weighted by atomic mass is 16.3. The number of hydrogen-bond donors (Lipinski definition) is 2. The summed E-state index contributed by atoms with van der Waals surface area (Å²) in [5.41, 5.74) is 2.52. The van der Waals surface area contributed by atoms with Crippen LogP contribution < -0.4 is 5.32 Å². The second kappa shape index (κ2) is 6.63. The number of fused-ring (bicyclic) bond motifs is 1. The van der Waals surface area contributed by atoms with E-state index in [-0.39, 0.29) is 5.75 Å². The number of hydrogen-bond acceptors (Lipinski definition) is 4. The lowest BCUT2D eigenvalue weighted by Gasteiger charge is -1.99. The molecule has 0 bridgehead atoms. The minimum atomic E-state index is 0.242. The summed E-state index contributed by atoms with van der Waals surface area (Å²) in [6.07, 6.45) is 5.35. The van der Waals surface area contributed by atoms with Gasteiger partial charge in [-0.1, -0.05) is 17.9 Å². The average Bonchev–Trinajstić information content (AvgIpc) is 2.59. The molecule has 1 aromatic carbocycles. The second-order valence-corrected chi connectivity index (χ2v) is 4.90. The number of rotatable bonds is 2. The quantitative estimate of drug-likeness (QED) is 0.712. The van der Waals surface area contributed by atoms with Crippen LogP contribution in [-0.2, 0) is 0 Å². The summed E-state index contributed by atoms with van der Waals surface area (Å²) >= 11 is 0. The van der Waals surface area contributed by atoms with Crippen LogP contribution in [0.5, 0.6) is 5.75 Å². The van der Waals surface area contributed by atoms with Gasteiger partial charge in [0.25, 0.3) is 0 Å². The summed E-state index contributed by atoms with van der Waals surface area (Å²) in [6, 6.07) is 12.7. The fourth-order valence-corrected chi connectivity index (χ4v) is 2.09. The van der Waals surface area contributed by atoms with Gasteiger partial charge in [-0.3, -0.25) is 0 Å². The van der Waals surface area contributed by atoms with Crippen LogP contribution in [0.2, 0.25) is 0 Å². The number of phenolic OH excluding ortho intramolecular Hbond substituents is 1. The molecule has 2 heterocycles. The maximum Gasteiger partial charge on any atom is 0.125 e. The van der Waals surface area contributed by atoms with Crippen LogP contribution in [0.3, 0.4) is 0 Å². The van der Waals surface area contributed by atoms with Gasteiger partial charge < -0.3 is 10.4 Å². The number of nitrogens with zero attached hydrogens (tertiary/aromatic N) is 2. The molecule has 2 aromatic heterocycles. The summed E-state index contributed by atoms with van der Waals surface area (Å²) in [4.78, 5) is 8.70. The molecule has 0 fully saturated rings. The molecule has 0 saturated carbocycles. The molecule has 0 atom stereocenters. The first kappa shape index (κ1) is 14.6. The maximum absolute atomic E-state index is 9.44. The van der Waals surface area contributed by atoms with Crippen molar-refractivity contribution in [2.24, 2.45) is 0 Å². The smallest absolute Gasteiger partial charge is 0.125 e. The molecule has 0 aliphatic heterocycles. The molecular weight excluding hydrogens is 286 g/mol. The number of aromatic nitrogens is 2. The van der Waals surface area contributed by atoms with Crippen LogP contribution in [-0.4, -0.2) is 22.1 Å². The van der Waals surface area contributed by atoms with Crippen LogP contribution >= 0.6 is 0 Å². The van der Waals surface area contributed by atoms with E-state index >= 15 is 0 Å². The van der Waals surface area contributed by atoms with Gasteiger partial charge in [0.05, 0.1) is 11.2 Å². The Morgan fingerprint density at radius 2 is 2.04 bits per heavy atom. The summed E-state index contributed by atoms with van der Waals surface area (Å²) in [5.74, 6) is 7.06. The molecule has 4 nitrogen and oxygen atoms in total. The molecule has 0 saturated heterocycles. The highest BCUT2D eigenvalue weighted by molar-refractivity contribution is 5.81. The molecule has 112 valence electrons. The first-order valence-electron chi connectivity index (χ1n) is 7.16. The Balaban J connectivity index is 1.75. The average molecular weight is 301 g/mol. The molecule has 0 aliphatic rings. The Morgan fingerprint density at radius 1 is 1.13 bits per heavy atom. The molecule has 2 N–H and O–H groups in total. The van der Waals surface area contributed by atoms with E-state index < -0.39 is 0 Å². The number of benzene rings is 1. The normalized spacial score (nSPS) is 10.5. The molecular formula is C19H15N3O. The van der Waals surface area contributed by atoms with Gasteiger partial charge >= 0.3 is 0 Å². The zero-order valence-electron chi connectivity index (χ0n) is 12.6. The third-order valence-electron chi connectivity index (χ3n) is 3.27. The minimum absolute atomic E-state index is 0.242. The summed E-state index contributed by atoms with van der Waals surface area (Å²) < 4.78 is 0. The molecule has 0 radical (unpaired) electrons. The lowest BCUT2D eigenvalue weighted by Crippen LogP contribution is -1.90. The van der Waals surface area contributed by atoms with Crippen LogP contribution in [0.15, 0.2) is 54.7 Å². The van der Waals surface area contributed by atoms with E-state index in [1.54, 1.807) is 30.5 Å². The van der Waals surface area contributed by atoms with Crippen LogP contribution in [0.1, 0.15) is 11.3 Å². The summed E-state index contributed by atoms with van der Waals surface area (Å²) in [5, 5.41) is 13.3. The second-order valence-electron chi connectivity index (χ2n) is 4.90. The van der Waals surface area contributed by atoms with Gasteiger partial charge in [-0.15, -0.1) is 0 Å². The fraction of sp³-hybridized carbons (Fsp3) is 0.0526. The van der Waals surface area contributed by atoms with Gasteiger partial charge in [-0.2, -0.15) is 0 Å². The lowest BCUT2D eigenvalue weighted by molar-refractivity contribution is 0.476. The maximum atomic E-state index is 9.44. The van der Waals surface area contributed by atoms with Crippen LogP contribution in [0.4, 0.5) is 5.82 Å². The first-order chi connectivity index (χ1) is 11.2. The number of allylic oxidation sites excluding steroid dienone is 1. The highest BCUT2D eigenvalue weighted by Crippen LogP contribution is 2.18. The van der Waals surface area contributed by atoms with E-state index in [9.17, 15) is 5.11 Å². The molecule has 3 aromatic rings. The van der Waals surface area contributed by atoms with Gasteiger partial charge in [-0.25, -0.2) is 9.97 Å². The standard InChI is InChI=1S/C19H15N3O/c1-20-19-11-6-14(13-21-19)4-2-3-5-16-8-7-15-12-17(23)9-10-18(15)22-16/h3,5-13,23H,1H3,(H,20,21). The molecule has 0 spiro atoms. The van der Waals surface area contributed by atoms with E-state index in [2.05, 4.69) is 27.1 Å². The number of phenols is 1. The van der Waals surface area contributed by atoms with Crippen molar-refractivity contribution in [2.75, 3.05) is 12.4 Å². The molecule has 0 amide bonds. The van der Waals surface area contributed by atoms with Gasteiger partial charge in [0.2, 0.25) is 0 Å². The van der Waals surface area contributed by atoms with Gasteiger partial charge in [0.1, 0.15) is 11.6 Å². The number of nitrogens with one attached hydrogen (secondary N) is 1. The zero-order chi connectivity index (χ0) is 16.1. The minimum Gasteiger partial charge on any atom is -0.508 e. The van der Waals surface area contributed by atoms with Crippen molar-refractivity contribution in [3.05, 3.63) is 66.0 Å². The van der Waals surface area contributed by atoms with Gasteiger partial charge in [0.15, 0.2) is 0 Å². The summed E-state index contributed by atoms with van der Waals surface area (Å²) in [6.45, 7) is 0. The molecule has 0 unspecified atom stereocenters. The lowest BCUT2D eigenvalue weighted by atomic mass is 10.2. The van der Waals surface area contributed by atoms with Crippen LogP contribution in [0.25, 0.3) is 17.0 Å². The van der Waals surface area contributed by atoms with Gasteiger partial charge in [0, 0.05) is 24.2 Å². The van der Waals surface area contributed by atoms with E-state index in [1.807, 2.05) is 37.4 Å². The Labute approximate surface area is 134 Å². The third kappa shape index (κ3) is 3.66. The Morgan fingerprint density at radius 3 is 2.83 bits per heavy atom. The zero-order valence-corrected chi connectivity index (χ0v) is 12.6. The third-order valence-corrected chi connectivity index (χ3v) is 3.27. The van der Waals surface area contributed by atoms with E-state index in [0.717, 1.165) is 28.0 Å². The van der Waals surface area contributed by atoms with E-state index in [0.29, 0.717) is 0 Å². The Bertz CT molecular complexity index is 919. The van der Waals surface area contributed by atoms with Crippen molar-refractivity contribution in [2.45, 2.75) is 0 Å². The Hall–Kier alpha value is -3.32. The van der Waals surface area contributed by atoms with Crippen molar-refractivity contribution in [3.8, 4) is 17.6 Å². The number of pyridine rings is 2. The van der Waals surface area contributed by atoms with Crippen molar-refractivity contribution in [1.29, 1.82) is 0 Å². The molecule has 4 heteroatoms. The fourth-order valence-electron chi connectivity index (χ4n) is 2.09. The van der Waals surface area contributed by atoms with E-state index in [4.69, 9.17) is 0 Å². The van der Waals surface area contributed by atoms with Crippen molar-refractivity contribution >= 4 is 22.8 Å². The molecule has 23 heavy (non-hydrogen) atoms. The SMILES string of the molecule is CNc1ccc(C#CC=Cc2ccc3cc(O)ccc3n2)cn1. The van der Waals surface area contributed by atoms with Crippen molar-refractivity contribution in [3.63, 3.8) is 0 Å². The topological polar surface area (TPSA) is 58.0 Å². The monoisotopic (exact) mass is 301 g/mol. The number of anilines is 1.